The molecular formula is C19H30ClNO3. The summed E-state index contributed by atoms with van der Waals surface area (Å²) in [6.45, 7) is 6.44. The Hall–Kier alpha value is -0.810. The SMILES string of the molecule is CC1CCCC(NCC(O)COCCOc2ccc(Cl)cc2)C1C. The van der Waals surface area contributed by atoms with E-state index in [1.165, 1.54) is 19.3 Å². The zero-order valence-corrected chi connectivity index (χ0v) is 15.5. The maximum absolute atomic E-state index is 10.0. The van der Waals surface area contributed by atoms with Gasteiger partial charge in [-0.15, -0.1) is 0 Å². The van der Waals surface area contributed by atoms with Gasteiger partial charge in [-0.1, -0.05) is 38.3 Å². The molecule has 5 heteroatoms. The lowest BCUT2D eigenvalue weighted by atomic mass is 9.78. The van der Waals surface area contributed by atoms with E-state index >= 15 is 0 Å². The van der Waals surface area contributed by atoms with Gasteiger partial charge in [-0.25, -0.2) is 0 Å². The molecular weight excluding hydrogens is 326 g/mol. The van der Waals surface area contributed by atoms with Crippen molar-refractivity contribution in [3.05, 3.63) is 29.3 Å². The number of ether oxygens (including phenoxy) is 2. The van der Waals surface area contributed by atoms with Crippen LogP contribution in [0.15, 0.2) is 24.3 Å². The number of hydrogen-bond acceptors (Lipinski definition) is 4. The molecule has 0 saturated heterocycles. The fraction of sp³-hybridized carbons (Fsp3) is 0.684. The van der Waals surface area contributed by atoms with Crippen molar-refractivity contribution in [2.24, 2.45) is 11.8 Å². The summed E-state index contributed by atoms with van der Waals surface area (Å²) in [5.74, 6) is 2.19. The van der Waals surface area contributed by atoms with Gasteiger partial charge in [-0.3, -0.25) is 0 Å². The first kappa shape index (κ1) is 19.5. The second-order valence-electron chi connectivity index (χ2n) is 6.81. The zero-order valence-electron chi connectivity index (χ0n) is 14.7. The van der Waals surface area contributed by atoms with Gasteiger partial charge in [0.05, 0.1) is 19.3 Å². The summed E-state index contributed by atoms with van der Waals surface area (Å²) in [5.41, 5.74) is 0. The Kier molecular flexibility index (Phi) is 8.33. The van der Waals surface area contributed by atoms with E-state index in [2.05, 4.69) is 19.2 Å². The highest BCUT2D eigenvalue weighted by molar-refractivity contribution is 6.30. The quantitative estimate of drug-likeness (QED) is 0.665. The number of halogens is 1. The maximum atomic E-state index is 10.0. The molecule has 1 aromatic carbocycles. The van der Waals surface area contributed by atoms with Crippen LogP contribution in [0.3, 0.4) is 0 Å². The van der Waals surface area contributed by atoms with Crippen LogP contribution < -0.4 is 10.1 Å². The lowest BCUT2D eigenvalue weighted by Crippen LogP contribution is -2.44. The topological polar surface area (TPSA) is 50.7 Å². The second kappa shape index (κ2) is 10.2. The smallest absolute Gasteiger partial charge is 0.119 e. The fourth-order valence-corrected chi connectivity index (χ4v) is 3.31. The summed E-state index contributed by atoms with van der Waals surface area (Å²) in [5, 5.41) is 14.2. The van der Waals surface area contributed by atoms with Gasteiger partial charge in [0.2, 0.25) is 0 Å². The Morgan fingerprint density at radius 1 is 1.21 bits per heavy atom. The third-order valence-corrected chi connectivity index (χ3v) is 5.19. The molecule has 0 amide bonds. The van der Waals surface area contributed by atoms with Gasteiger partial charge < -0.3 is 19.9 Å². The second-order valence-corrected chi connectivity index (χ2v) is 7.25. The van der Waals surface area contributed by atoms with Crippen molar-refractivity contribution < 1.29 is 14.6 Å². The van der Waals surface area contributed by atoms with Gasteiger partial charge in [-0.05, 0) is 42.5 Å². The predicted molar refractivity (Wildman–Crippen MR) is 97.7 cm³/mol. The van der Waals surface area contributed by atoms with E-state index in [0.717, 1.165) is 11.7 Å². The molecule has 2 rings (SSSR count). The van der Waals surface area contributed by atoms with Crippen LogP contribution in [0.25, 0.3) is 0 Å². The molecule has 4 nitrogen and oxygen atoms in total. The molecule has 0 bridgehead atoms. The molecule has 1 aromatic rings. The summed E-state index contributed by atoms with van der Waals surface area (Å²) in [4.78, 5) is 0. The Morgan fingerprint density at radius 2 is 1.96 bits per heavy atom. The van der Waals surface area contributed by atoms with E-state index < -0.39 is 6.10 Å². The number of hydrogen-bond donors (Lipinski definition) is 2. The number of aliphatic hydroxyl groups excluding tert-OH is 1. The van der Waals surface area contributed by atoms with Gasteiger partial charge in [0.25, 0.3) is 0 Å². The number of aliphatic hydroxyl groups is 1. The van der Waals surface area contributed by atoms with E-state index in [1.54, 1.807) is 12.1 Å². The van der Waals surface area contributed by atoms with Gasteiger partial charge in [0.15, 0.2) is 0 Å². The normalized spacial score (nSPS) is 25.4. The molecule has 1 fully saturated rings. The third kappa shape index (κ3) is 6.60. The van der Waals surface area contributed by atoms with E-state index in [1.807, 2.05) is 12.1 Å². The molecule has 0 heterocycles. The van der Waals surface area contributed by atoms with Crippen molar-refractivity contribution in [3.63, 3.8) is 0 Å². The highest BCUT2D eigenvalue weighted by Gasteiger charge is 2.26. The van der Waals surface area contributed by atoms with Crippen molar-refractivity contribution in [3.8, 4) is 5.75 Å². The average Bonchev–Trinajstić information content (AvgIpc) is 2.57. The molecule has 4 atom stereocenters. The molecule has 24 heavy (non-hydrogen) atoms. The molecule has 1 aliphatic rings. The fourth-order valence-electron chi connectivity index (χ4n) is 3.19. The van der Waals surface area contributed by atoms with E-state index in [9.17, 15) is 5.11 Å². The van der Waals surface area contributed by atoms with Crippen molar-refractivity contribution in [2.75, 3.05) is 26.4 Å². The minimum atomic E-state index is -0.482. The number of benzene rings is 1. The van der Waals surface area contributed by atoms with E-state index in [0.29, 0.717) is 43.3 Å². The van der Waals surface area contributed by atoms with E-state index in [4.69, 9.17) is 21.1 Å². The first-order chi connectivity index (χ1) is 11.6. The Labute approximate surface area is 150 Å². The van der Waals surface area contributed by atoms with Crippen LogP contribution in [0, 0.1) is 11.8 Å². The molecule has 0 aliphatic heterocycles. The highest BCUT2D eigenvalue weighted by Crippen LogP contribution is 2.29. The first-order valence-corrected chi connectivity index (χ1v) is 9.31. The van der Waals surface area contributed by atoms with Crippen molar-refractivity contribution >= 4 is 11.6 Å². The van der Waals surface area contributed by atoms with Gasteiger partial charge in [0.1, 0.15) is 12.4 Å². The maximum Gasteiger partial charge on any atom is 0.119 e. The van der Waals surface area contributed by atoms with Crippen LogP contribution in [0.5, 0.6) is 5.75 Å². The Bertz CT molecular complexity index is 468. The van der Waals surface area contributed by atoms with E-state index in [-0.39, 0.29) is 0 Å². The van der Waals surface area contributed by atoms with Gasteiger partial charge in [0, 0.05) is 17.6 Å². The minimum absolute atomic E-state index is 0.327. The Balaban J connectivity index is 1.53. The largest absolute Gasteiger partial charge is 0.491 e. The number of rotatable bonds is 9. The highest BCUT2D eigenvalue weighted by atomic mass is 35.5. The van der Waals surface area contributed by atoms with Crippen LogP contribution in [0.1, 0.15) is 33.1 Å². The predicted octanol–water partition coefficient (Wildman–Crippen LogP) is 3.51. The van der Waals surface area contributed by atoms with Crippen molar-refractivity contribution in [1.82, 2.24) is 5.32 Å². The molecule has 1 saturated carbocycles. The summed E-state index contributed by atoms with van der Waals surface area (Å²) >= 11 is 5.82. The van der Waals surface area contributed by atoms with Gasteiger partial charge in [-0.2, -0.15) is 0 Å². The first-order valence-electron chi connectivity index (χ1n) is 8.94. The van der Waals surface area contributed by atoms with Crippen molar-refractivity contribution in [1.29, 1.82) is 0 Å². The lowest BCUT2D eigenvalue weighted by Gasteiger charge is -2.35. The summed E-state index contributed by atoms with van der Waals surface area (Å²) < 4.78 is 11.0. The summed E-state index contributed by atoms with van der Waals surface area (Å²) in [6, 6.07) is 7.75. The molecule has 136 valence electrons. The lowest BCUT2D eigenvalue weighted by molar-refractivity contribution is 0.0217. The number of nitrogens with one attached hydrogen (secondary N) is 1. The zero-order chi connectivity index (χ0) is 17.4. The summed E-state index contributed by atoms with van der Waals surface area (Å²) in [7, 11) is 0. The van der Waals surface area contributed by atoms with Crippen LogP contribution in [0.2, 0.25) is 5.02 Å². The monoisotopic (exact) mass is 355 g/mol. The standard InChI is InChI=1S/C19H30ClNO3/c1-14-4-3-5-19(15(14)2)21-12-17(22)13-23-10-11-24-18-8-6-16(20)7-9-18/h6-9,14-15,17,19,21-22H,3-5,10-13H2,1-2H3. The molecule has 2 N–H and O–H groups in total. The molecule has 4 unspecified atom stereocenters. The van der Waals surface area contributed by atoms with Gasteiger partial charge >= 0.3 is 0 Å². The Morgan fingerprint density at radius 3 is 2.71 bits per heavy atom. The van der Waals surface area contributed by atoms with Crippen LogP contribution in [-0.4, -0.2) is 43.6 Å². The molecule has 0 aromatic heterocycles. The molecule has 1 aliphatic carbocycles. The third-order valence-electron chi connectivity index (χ3n) is 4.94. The summed E-state index contributed by atoms with van der Waals surface area (Å²) in [6.07, 6.45) is 3.31. The molecule has 0 spiro atoms. The van der Waals surface area contributed by atoms with Crippen LogP contribution in [-0.2, 0) is 4.74 Å². The molecule has 0 radical (unpaired) electrons. The van der Waals surface area contributed by atoms with Crippen molar-refractivity contribution in [2.45, 2.75) is 45.3 Å². The minimum Gasteiger partial charge on any atom is -0.491 e. The van der Waals surface area contributed by atoms with Crippen LogP contribution in [0.4, 0.5) is 0 Å². The van der Waals surface area contributed by atoms with Crippen LogP contribution >= 0.6 is 11.6 Å². The average molecular weight is 356 g/mol.